The molecule has 118 valence electrons. The van der Waals surface area contributed by atoms with Crippen LogP contribution in [0, 0.1) is 0 Å². The van der Waals surface area contributed by atoms with Crippen LogP contribution in [0.4, 0.5) is 0 Å². The molecule has 1 fully saturated rings. The maximum atomic E-state index is 4.97. The van der Waals surface area contributed by atoms with Crippen LogP contribution in [0.1, 0.15) is 51.8 Å². The summed E-state index contributed by atoms with van der Waals surface area (Å²) in [5.74, 6) is 0. The standard InChI is InChI=1S/C18H26N4/c1-4-12-22-18(10-11-19-22)16-8-5-7-15(20-16)17-9-6-13-21(17)14(2)3/h5,7-8,10-11,14,17H,4,6,9,12-13H2,1-3H3. The quantitative estimate of drug-likeness (QED) is 0.839. The maximum Gasteiger partial charge on any atom is 0.0887 e. The number of likely N-dealkylation sites (tertiary alicyclic amines) is 1. The minimum atomic E-state index is 0.461. The Morgan fingerprint density at radius 3 is 2.91 bits per heavy atom. The zero-order valence-electron chi connectivity index (χ0n) is 13.9. The van der Waals surface area contributed by atoms with Crippen LogP contribution in [0.15, 0.2) is 30.5 Å². The molecule has 4 heteroatoms. The Balaban J connectivity index is 1.91. The molecule has 1 aliphatic rings. The highest BCUT2D eigenvalue weighted by atomic mass is 15.3. The predicted octanol–water partition coefficient (Wildman–Crippen LogP) is 3.90. The zero-order chi connectivity index (χ0) is 15.5. The van der Waals surface area contributed by atoms with Crippen molar-refractivity contribution in [2.45, 2.75) is 58.7 Å². The van der Waals surface area contributed by atoms with Crippen molar-refractivity contribution in [1.29, 1.82) is 0 Å². The monoisotopic (exact) mass is 298 g/mol. The van der Waals surface area contributed by atoms with Crippen molar-refractivity contribution < 1.29 is 0 Å². The first-order chi connectivity index (χ1) is 10.7. The number of hydrogen-bond acceptors (Lipinski definition) is 3. The highest BCUT2D eigenvalue weighted by molar-refractivity contribution is 5.54. The molecule has 1 atom stereocenters. The third kappa shape index (κ3) is 2.93. The van der Waals surface area contributed by atoms with Gasteiger partial charge in [0.1, 0.15) is 0 Å². The van der Waals surface area contributed by atoms with Crippen LogP contribution in [0.5, 0.6) is 0 Å². The van der Waals surface area contributed by atoms with Crippen LogP contribution in [0.2, 0.25) is 0 Å². The molecule has 4 nitrogen and oxygen atoms in total. The molecule has 0 bridgehead atoms. The van der Waals surface area contributed by atoms with Crippen molar-refractivity contribution in [1.82, 2.24) is 19.7 Å². The van der Waals surface area contributed by atoms with Crippen molar-refractivity contribution in [2.75, 3.05) is 6.54 Å². The van der Waals surface area contributed by atoms with E-state index in [0.29, 0.717) is 12.1 Å². The molecular weight excluding hydrogens is 272 g/mol. The van der Waals surface area contributed by atoms with Gasteiger partial charge in [-0.25, -0.2) is 4.98 Å². The normalized spacial score (nSPS) is 19.2. The lowest BCUT2D eigenvalue weighted by molar-refractivity contribution is 0.202. The van der Waals surface area contributed by atoms with Crippen LogP contribution < -0.4 is 0 Å². The van der Waals surface area contributed by atoms with Crippen molar-refractivity contribution >= 4 is 0 Å². The van der Waals surface area contributed by atoms with E-state index in [4.69, 9.17) is 4.98 Å². The highest BCUT2D eigenvalue weighted by Crippen LogP contribution is 2.33. The molecule has 0 aromatic carbocycles. The second-order valence-corrected chi connectivity index (χ2v) is 6.38. The number of nitrogens with zero attached hydrogens (tertiary/aromatic N) is 4. The number of aromatic nitrogens is 3. The van der Waals surface area contributed by atoms with Gasteiger partial charge in [0.2, 0.25) is 0 Å². The van der Waals surface area contributed by atoms with Crippen LogP contribution in [0.3, 0.4) is 0 Å². The van der Waals surface area contributed by atoms with Gasteiger partial charge in [0.25, 0.3) is 0 Å². The first-order valence-electron chi connectivity index (χ1n) is 8.45. The van der Waals surface area contributed by atoms with E-state index in [1.807, 2.05) is 6.20 Å². The van der Waals surface area contributed by atoms with Gasteiger partial charge in [0.15, 0.2) is 0 Å². The van der Waals surface area contributed by atoms with Crippen LogP contribution in [-0.4, -0.2) is 32.3 Å². The van der Waals surface area contributed by atoms with Gasteiger partial charge in [-0.3, -0.25) is 9.58 Å². The summed E-state index contributed by atoms with van der Waals surface area (Å²) in [6, 6.07) is 9.51. The van der Waals surface area contributed by atoms with Gasteiger partial charge < -0.3 is 0 Å². The third-order valence-electron chi connectivity index (χ3n) is 4.48. The second-order valence-electron chi connectivity index (χ2n) is 6.38. The minimum absolute atomic E-state index is 0.461. The molecule has 0 saturated carbocycles. The number of hydrogen-bond donors (Lipinski definition) is 0. The fourth-order valence-electron chi connectivity index (χ4n) is 3.44. The molecule has 1 unspecified atom stereocenters. The lowest BCUT2D eigenvalue weighted by Gasteiger charge is -2.28. The Bertz CT molecular complexity index is 617. The van der Waals surface area contributed by atoms with Crippen LogP contribution >= 0.6 is 0 Å². The number of aryl methyl sites for hydroxylation is 1. The molecular formula is C18H26N4. The summed E-state index contributed by atoms with van der Waals surface area (Å²) in [6.45, 7) is 8.85. The van der Waals surface area contributed by atoms with E-state index < -0.39 is 0 Å². The third-order valence-corrected chi connectivity index (χ3v) is 4.48. The van der Waals surface area contributed by atoms with Gasteiger partial charge in [0.05, 0.1) is 23.1 Å². The summed E-state index contributed by atoms with van der Waals surface area (Å²) in [4.78, 5) is 7.54. The van der Waals surface area contributed by atoms with Crippen molar-refractivity contribution in [3.8, 4) is 11.4 Å². The fraction of sp³-hybridized carbons (Fsp3) is 0.556. The van der Waals surface area contributed by atoms with E-state index in [0.717, 1.165) is 24.4 Å². The Morgan fingerprint density at radius 2 is 2.14 bits per heavy atom. The van der Waals surface area contributed by atoms with E-state index in [9.17, 15) is 0 Å². The highest BCUT2D eigenvalue weighted by Gasteiger charge is 2.29. The average Bonchev–Trinajstić information content (AvgIpc) is 3.16. The summed E-state index contributed by atoms with van der Waals surface area (Å²) >= 11 is 0. The van der Waals surface area contributed by atoms with Gasteiger partial charge in [-0.05, 0) is 57.9 Å². The summed E-state index contributed by atoms with van der Waals surface area (Å²) in [7, 11) is 0. The molecule has 22 heavy (non-hydrogen) atoms. The van der Waals surface area contributed by atoms with Crippen LogP contribution in [-0.2, 0) is 6.54 Å². The van der Waals surface area contributed by atoms with Gasteiger partial charge in [0, 0.05) is 18.8 Å². The van der Waals surface area contributed by atoms with Gasteiger partial charge in [-0.15, -0.1) is 0 Å². The van der Waals surface area contributed by atoms with Crippen molar-refractivity contribution in [2.24, 2.45) is 0 Å². The predicted molar refractivity (Wildman–Crippen MR) is 89.6 cm³/mol. The molecule has 0 radical (unpaired) electrons. The summed E-state index contributed by atoms with van der Waals surface area (Å²) < 4.78 is 2.06. The fourth-order valence-corrected chi connectivity index (χ4v) is 3.44. The molecule has 3 rings (SSSR count). The average molecular weight is 298 g/mol. The summed E-state index contributed by atoms with van der Waals surface area (Å²) in [5, 5.41) is 4.42. The first kappa shape index (κ1) is 15.2. The van der Waals surface area contributed by atoms with E-state index in [1.165, 1.54) is 25.1 Å². The minimum Gasteiger partial charge on any atom is -0.292 e. The molecule has 0 spiro atoms. The number of rotatable bonds is 5. The Labute approximate surface area is 133 Å². The Kier molecular flexibility index (Phi) is 4.57. The van der Waals surface area contributed by atoms with Crippen molar-refractivity contribution in [3.63, 3.8) is 0 Å². The Morgan fingerprint density at radius 1 is 1.27 bits per heavy atom. The maximum absolute atomic E-state index is 4.97. The molecule has 3 heterocycles. The summed E-state index contributed by atoms with van der Waals surface area (Å²) in [6.07, 6.45) is 5.43. The molecule has 2 aromatic rings. The lowest BCUT2D eigenvalue weighted by Crippen LogP contribution is -2.30. The SMILES string of the molecule is CCCn1nccc1-c1cccc(C2CCCN2C(C)C)n1. The summed E-state index contributed by atoms with van der Waals surface area (Å²) in [5.41, 5.74) is 3.37. The van der Waals surface area contributed by atoms with E-state index in [1.54, 1.807) is 0 Å². The van der Waals surface area contributed by atoms with Gasteiger partial charge in [-0.2, -0.15) is 5.10 Å². The Hall–Kier alpha value is -1.68. The molecule has 0 aliphatic carbocycles. The van der Waals surface area contributed by atoms with Crippen LogP contribution in [0.25, 0.3) is 11.4 Å². The molecule has 1 aliphatic heterocycles. The van der Waals surface area contributed by atoms with E-state index >= 15 is 0 Å². The first-order valence-corrected chi connectivity index (χ1v) is 8.45. The van der Waals surface area contributed by atoms with Gasteiger partial charge in [-0.1, -0.05) is 13.0 Å². The number of pyridine rings is 1. The molecule has 1 saturated heterocycles. The zero-order valence-corrected chi connectivity index (χ0v) is 13.9. The second kappa shape index (κ2) is 6.61. The largest absolute Gasteiger partial charge is 0.292 e. The van der Waals surface area contributed by atoms with E-state index in [2.05, 4.69) is 59.7 Å². The smallest absolute Gasteiger partial charge is 0.0887 e. The van der Waals surface area contributed by atoms with Crippen molar-refractivity contribution in [3.05, 3.63) is 36.2 Å². The topological polar surface area (TPSA) is 34.0 Å². The lowest BCUT2D eigenvalue weighted by atomic mass is 10.1. The molecule has 2 aromatic heterocycles. The molecule has 0 amide bonds. The molecule has 0 N–H and O–H groups in total. The van der Waals surface area contributed by atoms with Gasteiger partial charge >= 0.3 is 0 Å². The van der Waals surface area contributed by atoms with E-state index in [-0.39, 0.29) is 0 Å².